The van der Waals surface area contributed by atoms with Crippen molar-refractivity contribution in [2.75, 3.05) is 0 Å². The SMILES string of the molecule is Cc1[nH]c(=O)c(C#N)cc1CC(C)C. The van der Waals surface area contributed by atoms with Crippen LogP contribution in [0.2, 0.25) is 0 Å². The third kappa shape index (κ3) is 2.23. The van der Waals surface area contributed by atoms with E-state index in [0.29, 0.717) is 5.92 Å². The van der Waals surface area contributed by atoms with Gasteiger partial charge in [-0.05, 0) is 30.9 Å². The van der Waals surface area contributed by atoms with Gasteiger partial charge in [0.1, 0.15) is 11.6 Å². The summed E-state index contributed by atoms with van der Waals surface area (Å²) in [7, 11) is 0. The minimum Gasteiger partial charge on any atom is -0.325 e. The molecule has 0 aliphatic heterocycles. The summed E-state index contributed by atoms with van der Waals surface area (Å²) in [6.07, 6.45) is 0.886. The van der Waals surface area contributed by atoms with Gasteiger partial charge in [0.25, 0.3) is 5.56 Å². The first-order chi connectivity index (χ1) is 6.54. The standard InChI is InChI=1S/C11H14N2O/c1-7(2)4-9-5-10(6-12)11(14)13-8(9)3/h5,7H,4H2,1-3H3,(H,13,14). The van der Waals surface area contributed by atoms with Gasteiger partial charge in [0.2, 0.25) is 0 Å². The Morgan fingerprint density at radius 2 is 2.21 bits per heavy atom. The molecule has 1 aromatic rings. The largest absolute Gasteiger partial charge is 0.325 e. The average Bonchev–Trinajstić information content (AvgIpc) is 2.09. The Balaban J connectivity index is 3.19. The third-order valence-electron chi connectivity index (χ3n) is 2.09. The molecule has 0 unspecified atom stereocenters. The van der Waals surface area contributed by atoms with E-state index in [4.69, 9.17) is 5.26 Å². The summed E-state index contributed by atoms with van der Waals surface area (Å²) in [6.45, 7) is 6.08. The van der Waals surface area contributed by atoms with Crippen LogP contribution in [0.5, 0.6) is 0 Å². The molecule has 1 heterocycles. The molecule has 0 saturated heterocycles. The number of pyridine rings is 1. The molecule has 1 rings (SSSR count). The van der Waals surface area contributed by atoms with Crippen LogP contribution in [-0.4, -0.2) is 4.98 Å². The summed E-state index contributed by atoms with van der Waals surface area (Å²) >= 11 is 0. The molecule has 0 radical (unpaired) electrons. The molecule has 3 nitrogen and oxygen atoms in total. The molecule has 14 heavy (non-hydrogen) atoms. The lowest BCUT2D eigenvalue weighted by molar-refractivity contribution is 0.642. The summed E-state index contributed by atoms with van der Waals surface area (Å²) < 4.78 is 0. The highest BCUT2D eigenvalue weighted by Gasteiger charge is 2.06. The molecule has 74 valence electrons. The fourth-order valence-corrected chi connectivity index (χ4v) is 1.40. The Hall–Kier alpha value is -1.56. The van der Waals surface area contributed by atoms with Crippen molar-refractivity contribution in [2.24, 2.45) is 5.92 Å². The molecule has 0 fully saturated rings. The second-order valence-corrected chi connectivity index (χ2v) is 3.87. The Labute approximate surface area is 83.4 Å². The van der Waals surface area contributed by atoms with Crippen LogP contribution in [0.25, 0.3) is 0 Å². The first kappa shape index (κ1) is 10.5. The van der Waals surface area contributed by atoms with E-state index in [2.05, 4.69) is 18.8 Å². The van der Waals surface area contributed by atoms with Gasteiger partial charge in [0.15, 0.2) is 0 Å². The summed E-state index contributed by atoms with van der Waals surface area (Å²) in [5.74, 6) is 0.520. The number of nitrogens with one attached hydrogen (secondary N) is 1. The van der Waals surface area contributed by atoms with Gasteiger partial charge in [-0.25, -0.2) is 0 Å². The summed E-state index contributed by atoms with van der Waals surface area (Å²) in [5, 5.41) is 8.70. The quantitative estimate of drug-likeness (QED) is 0.772. The molecule has 0 bridgehead atoms. The number of nitrogens with zero attached hydrogens (tertiary/aromatic N) is 1. The van der Waals surface area contributed by atoms with Crippen molar-refractivity contribution in [3.05, 3.63) is 33.2 Å². The highest BCUT2D eigenvalue weighted by atomic mass is 16.1. The average molecular weight is 190 g/mol. The van der Waals surface area contributed by atoms with Crippen LogP contribution < -0.4 is 5.56 Å². The van der Waals surface area contributed by atoms with Crippen molar-refractivity contribution < 1.29 is 0 Å². The van der Waals surface area contributed by atoms with Gasteiger partial charge in [-0.2, -0.15) is 5.26 Å². The number of hydrogen-bond acceptors (Lipinski definition) is 2. The highest BCUT2D eigenvalue weighted by Crippen LogP contribution is 2.10. The first-order valence-electron chi connectivity index (χ1n) is 4.67. The van der Waals surface area contributed by atoms with Crippen LogP contribution in [0.3, 0.4) is 0 Å². The molecule has 0 atom stereocenters. The van der Waals surface area contributed by atoms with Crippen molar-refractivity contribution in [1.29, 1.82) is 5.26 Å². The van der Waals surface area contributed by atoms with Gasteiger partial charge < -0.3 is 4.98 Å². The van der Waals surface area contributed by atoms with E-state index in [1.165, 1.54) is 0 Å². The number of nitriles is 1. The fraction of sp³-hybridized carbons (Fsp3) is 0.455. The molecular formula is C11H14N2O. The van der Waals surface area contributed by atoms with E-state index in [9.17, 15) is 4.79 Å². The van der Waals surface area contributed by atoms with Crippen molar-refractivity contribution >= 4 is 0 Å². The minimum absolute atomic E-state index is 0.200. The molecule has 0 spiro atoms. The normalized spacial score (nSPS) is 10.2. The molecule has 0 saturated carbocycles. The molecule has 0 aromatic carbocycles. The molecule has 0 aliphatic carbocycles. The minimum atomic E-state index is -0.294. The Bertz CT molecular complexity index is 424. The van der Waals surface area contributed by atoms with Crippen LogP contribution in [0.15, 0.2) is 10.9 Å². The van der Waals surface area contributed by atoms with Crippen LogP contribution in [0, 0.1) is 24.2 Å². The number of hydrogen-bond donors (Lipinski definition) is 1. The molecule has 3 heteroatoms. The second kappa shape index (κ2) is 4.10. The summed E-state index contributed by atoms with van der Waals surface area (Å²) in [4.78, 5) is 13.9. The van der Waals surface area contributed by atoms with Gasteiger partial charge in [0.05, 0.1) is 0 Å². The van der Waals surface area contributed by atoms with Gasteiger partial charge in [-0.3, -0.25) is 4.79 Å². The smallest absolute Gasteiger partial charge is 0.266 e. The zero-order valence-electron chi connectivity index (χ0n) is 8.72. The van der Waals surface area contributed by atoms with Gasteiger partial charge in [-0.1, -0.05) is 13.8 Å². The second-order valence-electron chi connectivity index (χ2n) is 3.87. The van der Waals surface area contributed by atoms with Crippen molar-refractivity contribution in [2.45, 2.75) is 27.2 Å². The maximum atomic E-state index is 11.2. The molecular weight excluding hydrogens is 176 g/mol. The number of rotatable bonds is 2. The van der Waals surface area contributed by atoms with Crippen LogP contribution in [0.4, 0.5) is 0 Å². The number of aryl methyl sites for hydroxylation is 1. The van der Waals surface area contributed by atoms with E-state index in [1.807, 2.05) is 13.0 Å². The van der Waals surface area contributed by atoms with Gasteiger partial charge in [-0.15, -0.1) is 0 Å². The van der Waals surface area contributed by atoms with Gasteiger partial charge in [0, 0.05) is 5.69 Å². The zero-order chi connectivity index (χ0) is 10.7. The van der Waals surface area contributed by atoms with Crippen molar-refractivity contribution in [3.8, 4) is 6.07 Å². The monoisotopic (exact) mass is 190 g/mol. The van der Waals surface area contributed by atoms with E-state index in [-0.39, 0.29) is 11.1 Å². The molecule has 1 aromatic heterocycles. The lowest BCUT2D eigenvalue weighted by Gasteiger charge is -2.08. The maximum Gasteiger partial charge on any atom is 0.266 e. The number of H-pyrrole nitrogens is 1. The Kier molecular flexibility index (Phi) is 3.08. The van der Waals surface area contributed by atoms with Crippen LogP contribution in [-0.2, 0) is 6.42 Å². The van der Waals surface area contributed by atoms with Crippen LogP contribution in [0.1, 0.15) is 30.7 Å². The Morgan fingerprint density at radius 3 is 2.71 bits per heavy atom. The number of aromatic nitrogens is 1. The maximum absolute atomic E-state index is 11.2. The summed E-state index contributed by atoms with van der Waals surface area (Å²) in [6, 6.07) is 3.58. The van der Waals surface area contributed by atoms with Crippen molar-refractivity contribution in [1.82, 2.24) is 4.98 Å². The molecule has 0 amide bonds. The Morgan fingerprint density at radius 1 is 1.57 bits per heavy atom. The molecule has 1 N–H and O–H groups in total. The third-order valence-corrected chi connectivity index (χ3v) is 2.09. The van der Waals surface area contributed by atoms with Gasteiger partial charge >= 0.3 is 0 Å². The highest BCUT2D eigenvalue weighted by molar-refractivity contribution is 5.32. The zero-order valence-corrected chi connectivity index (χ0v) is 8.72. The number of aromatic amines is 1. The predicted octanol–water partition coefficient (Wildman–Crippen LogP) is 1.75. The fourth-order valence-electron chi connectivity index (χ4n) is 1.40. The first-order valence-corrected chi connectivity index (χ1v) is 4.67. The van der Waals surface area contributed by atoms with E-state index in [0.717, 1.165) is 17.7 Å². The van der Waals surface area contributed by atoms with E-state index in [1.54, 1.807) is 6.07 Å². The predicted molar refractivity (Wildman–Crippen MR) is 55.1 cm³/mol. The van der Waals surface area contributed by atoms with Crippen LogP contribution >= 0.6 is 0 Å². The van der Waals surface area contributed by atoms with Crippen molar-refractivity contribution in [3.63, 3.8) is 0 Å². The summed E-state index contributed by atoms with van der Waals surface area (Å²) in [5.41, 5.74) is 1.82. The van der Waals surface area contributed by atoms with E-state index < -0.39 is 0 Å². The lowest BCUT2D eigenvalue weighted by atomic mass is 10.0. The lowest BCUT2D eigenvalue weighted by Crippen LogP contribution is -2.14. The molecule has 0 aliphatic rings. The van der Waals surface area contributed by atoms with E-state index >= 15 is 0 Å². The topological polar surface area (TPSA) is 56.6 Å².